The standard InChI is InChI=1S/C48H72N11O17/c1-3-30(2)43(46(72)54-35(13-9-17-52-48(50)51)45(71)55-36(47(73)74)12-7-8-16-49)56-38(61)21-53-44(70)34-20-32(31-10-5-4-6-11-31)14-15-37(34)76-27-33(59(26-42(68)69)28-75-29-60)22-57(23-39(62)63)18-19-58(24-40(64)65)25-41(66)67/h4-6,10-11,14-15,20,30,33,35-36,43H,3,7-9,12-13,16-19,21-29,49H2,1-2H3,(H,53,70)(H,54,72)(H,55,71)(H,56,61)(H,62,63)(H,64,65)(H,66,67)(H,68,69)(H,73,74)(H4,50,51,52)/q-1/p-4/t30?,33-,35?,36?,43?/m1/s1. The van der Waals surface area contributed by atoms with Crippen LogP contribution in [-0.4, -0.2) is 189 Å². The Morgan fingerprint density at radius 3 is 1.93 bits per heavy atom. The van der Waals surface area contributed by atoms with Gasteiger partial charge in [-0.05, 0) is 74.6 Å². The van der Waals surface area contributed by atoms with E-state index < -0.39 is 143 Å². The quantitative estimate of drug-likeness (QED) is 0.0133. The van der Waals surface area contributed by atoms with E-state index in [2.05, 4.69) is 26.3 Å². The molecule has 76 heavy (non-hydrogen) atoms. The molecule has 4 unspecified atom stereocenters. The molecule has 0 aromatic heterocycles. The fourth-order valence-electron chi connectivity index (χ4n) is 7.52. The van der Waals surface area contributed by atoms with Gasteiger partial charge >= 0.3 is 5.97 Å². The van der Waals surface area contributed by atoms with Crippen LogP contribution in [0.15, 0.2) is 53.5 Å². The molecule has 0 radical (unpaired) electrons. The number of hydrogen-bond donors (Lipinski definition) is 8. The van der Waals surface area contributed by atoms with Crippen LogP contribution in [0.3, 0.4) is 0 Å². The average molecular weight is 1070 g/mol. The number of ether oxygens (including phenoxy) is 2. The van der Waals surface area contributed by atoms with Gasteiger partial charge in [0.1, 0.15) is 30.5 Å². The van der Waals surface area contributed by atoms with Crippen LogP contribution in [0.5, 0.6) is 5.75 Å². The van der Waals surface area contributed by atoms with Crippen molar-refractivity contribution in [2.24, 2.45) is 28.1 Å². The van der Waals surface area contributed by atoms with Crippen LogP contribution >= 0.6 is 0 Å². The molecule has 2 rings (SSSR count). The maximum absolute atomic E-state index is 14.1. The van der Waals surface area contributed by atoms with E-state index in [0.717, 1.165) is 14.7 Å². The molecule has 0 fully saturated rings. The molecule has 0 aliphatic heterocycles. The molecule has 0 spiro atoms. The fraction of sp³-hybridized carbons (Fsp3) is 0.542. The number of nitrogens with zero attached hydrogens (tertiary/aromatic N) is 4. The molecule has 0 saturated heterocycles. The Hall–Kier alpha value is -7.50. The first-order valence-electron chi connectivity index (χ1n) is 24.2. The third-order valence-electron chi connectivity index (χ3n) is 11.6. The second-order valence-electron chi connectivity index (χ2n) is 17.5. The minimum absolute atomic E-state index is 0.0349. The number of carboxylic acid groups (broad SMARTS) is 5. The zero-order valence-corrected chi connectivity index (χ0v) is 42.4. The highest BCUT2D eigenvalue weighted by Crippen LogP contribution is 2.27. The number of aliphatic imine (C=N–C) groups is 1. The van der Waals surface area contributed by atoms with Crippen molar-refractivity contribution < 1.29 is 83.3 Å². The lowest BCUT2D eigenvalue weighted by Gasteiger charge is -2.36. The Labute approximate surface area is 438 Å². The van der Waals surface area contributed by atoms with Crippen molar-refractivity contribution in [2.75, 3.05) is 85.6 Å². The van der Waals surface area contributed by atoms with Gasteiger partial charge in [0.25, 0.3) is 5.91 Å². The van der Waals surface area contributed by atoms with Crippen molar-refractivity contribution in [1.29, 1.82) is 0 Å². The summed E-state index contributed by atoms with van der Waals surface area (Å²) in [7, 11) is 0. The Morgan fingerprint density at radius 1 is 0.750 bits per heavy atom. The fourth-order valence-corrected chi connectivity index (χ4v) is 7.52. The molecule has 2 aromatic carbocycles. The topological polar surface area (TPSA) is 456 Å². The molecule has 0 aliphatic carbocycles. The van der Waals surface area contributed by atoms with Crippen LogP contribution in [0.4, 0.5) is 0 Å². The zero-order valence-electron chi connectivity index (χ0n) is 42.4. The first kappa shape index (κ1) is 64.6. The minimum atomic E-state index is -1.65. The normalized spacial score (nSPS) is 13.1. The summed E-state index contributed by atoms with van der Waals surface area (Å²) in [6.45, 7) is -3.90. The van der Waals surface area contributed by atoms with Crippen LogP contribution in [0.1, 0.15) is 62.7 Å². The number of nitrogens with one attached hydrogen (secondary N) is 4. The van der Waals surface area contributed by atoms with Crippen molar-refractivity contribution >= 4 is 59.4 Å². The SMILES string of the molecule is CCC(C)C(NC(=O)CNC(=O)c1cc(-c2ccccc2)ccc1OC[C@@H](CN(CCN(CC(=O)[O-])CC(=O)[O-])CC(=O)[O-])N(COC[O-])CC(=O)[O-])C(=O)NC(CCCN=C(N)N)C(=O)NC(CCCCN)C(=O)O. The number of carboxylic acids is 5. The van der Waals surface area contributed by atoms with Gasteiger partial charge in [0.05, 0.1) is 48.8 Å². The van der Waals surface area contributed by atoms with E-state index >= 15 is 0 Å². The Morgan fingerprint density at radius 2 is 1.36 bits per heavy atom. The summed E-state index contributed by atoms with van der Waals surface area (Å²) in [4.78, 5) is 121. The number of carbonyl (C=O) groups is 9. The summed E-state index contributed by atoms with van der Waals surface area (Å²) in [5, 5.41) is 77.8. The lowest BCUT2D eigenvalue weighted by Crippen LogP contribution is -2.57. The molecular weight excluding hydrogens is 1000 g/mol. The van der Waals surface area contributed by atoms with Crippen molar-refractivity contribution in [3.63, 3.8) is 0 Å². The Balaban J connectivity index is 2.49. The smallest absolute Gasteiger partial charge is 0.326 e. The summed E-state index contributed by atoms with van der Waals surface area (Å²) in [5.41, 5.74) is 17.4. The summed E-state index contributed by atoms with van der Waals surface area (Å²) < 4.78 is 11.1. The van der Waals surface area contributed by atoms with E-state index in [4.69, 9.17) is 26.7 Å². The first-order valence-corrected chi connectivity index (χ1v) is 24.2. The van der Waals surface area contributed by atoms with E-state index in [1.165, 1.54) is 12.1 Å². The van der Waals surface area contributed by atoms with Crippen LogP contribution in [0, 0.1) is 5.92 Å². The zero-order chi connectivity index (χ0) is 56.7. The summed E-state index contributed by atoms with van der Waals surface area (Å²) in [5.74, 6) is -12.1. The van der Waals surface area contributed by atoms with Gasteiger partial charge < -0.3 is 97.8 Å². The number of unbranched alkanes of at least 4 members (excludes halogenated alkanes) is 1. The number of benzene rings is 2. The molecule has 28 heteroatoms. The van der Waals surface area contributed by atoms with E-state index in [-0.39, 0.29) is 56.2 Å². The highest BCUT2D eigenvalue weighted by molar-refractivity contribution is 6.00. The van der Waals surface area contributed by atoms with Gasteiger partial charge in [-0.2, -0.15) is 0 Å². The number of aliphatic carboxylic acids is 5. The number of rotatable bonds is 40. The summed E-state index contributed by atoms with van der Waals surface area (Å²) in [6, 6.07) is 8.04. The number of nitrogens with two attached hydrogens (primary N) is 3. The third kappa shape index (κ3) is 25.2. The molecule has 0 heterocycles. The van der Waals surface area contributed by atoms with Crippen LogP contribution in [-0.2, 0) is 43.1 Å². The van der Waals surface area contributed by atoms with Gasteiger partial charge in [-0.3, -0.25) is 38.9 Å². The summed E-state index contributed by atoms with van der Waals surface area (Å²) in [6.07, 6.45) is 1.47. The molecule has 0 saturated carbocycles. The molecule has 2 aromatic rings. The largest absolute Gasteiger partial charge is 0.834 e. The predicted molar refractivity (Wildman–Crippen MR) is 260 cm³/mol. The van der Waals surface area contributed by atoms with Gasteiger partial charge in [-0.25, -0.2) is 4.79 Å². The number of guanidine groups is 1. The van der Waals surface area contributed by atoms with Gasteiger partial charge in [-0.1, -0.05) is 56.7 Å². The predicted octanol–water partition coefficient (Wildman–Crippen LogP) is -8.20. The maximum atomic E-state index is 14.1. The Kier molecular flexibility index (Phi) is 29.7. The van der Waals surface area contributed by atoms with Gasteiger partial charge in [-0.15, -0.1) is 0 Å². The van der Waals surface area contributed by atoms with Gasteiger partial charge in [0.15, 0.2) is 5.96 Å². The lowest BCUT2D eigenvalue weighted by atomic mass is 9.97. The monoisotopic (exact) mass is 1070 g/mol. The van der Waals surface area contributed by atoms with Gasteiger partial charge in [0.2, 0.25) is 17.7 Å². The van der Waals surface area contributed by atoms with Crippen LogP contribution in [0.25, 0.3) is 11.1 Å². The van der Waals surface area contributed by atoms with E-state index in [1.54, 1.807) is 50.2 Å². The maximum Gasteiger partial charge on any atom is 0.326 e. The second kappa shape index (κ2) is 34.9. The lowest BCUT2D eigenvalue weighted by molar-refractivity contribution is -0.435. The molecule has 4 amide bonds. The number of carbonyl (C=O) groups excluding carboxylic acids is 8. The molecule has 0 aliphatic rings. The Bertz CT molecular complexity index is 2240. The van der Waals surface area contributed by atoms with Crippen molar-refractivity contribution in [1.82, 2.24) is 36.0 Å². The molecule has 5 atom stereocenters. The van der Waals surface area contributed by atoms with Crippen molar-refractivity contribution in [3.05, 3.63) is 54.1 Å². The van der Waals surface area contributed by atoms with E-state index in [0.29, 0.717) is 36.9 Å². The first-order chi connectivity index (χ1) is 36.1. The molecule has 422 valence electrons. The van der Waals surface area contributed by atoms with Crippen LogP contribution in [0.2, 0.25) is 0 Å². The van der Waals surface area contributed by atoms with Gasteiger partial charge in [0, 0.05) is 52.4 Å². The highest BCUT2D eigenvalue weighted by Gasteiger charge is 2.32. The number of hydrogen-bond acceptors (Lipinski definition) is 21. The minimum Gasteiger partial charge on any atom is -0.834 e. The average Bonchev–Trinajstić information content (AvgIpc) is 3.36. The molecule has 0 bridgehead atoms. The van der Waals surface area contributed by atoms with Crippen molar-refractivity contribution in [3.8, 4) is 16.9 Å². The van der Waals surface area contributed by atoms with E-state index in [1.807, 2.05) is 0 Å². The molecule has 11 N–H and O–H groups in total. The highest BCUT2D eigenvalue weighted by atomic mass is 16.6. The van der Waals surface area contributed by atoms with Crippen molar-refractivity contribution in [2.45, 2.75) is 76.5 Å². The number of amides is 4. The third-order valence-corrected chi connectivity index (χ3v) is 11.6. The van der Waals surface area contributed by atoms with E-state index in [9.17, 15) is 73.8 Å². The molecule has 28 nitrogen and oxygen atoms in total. The molecular formula is C48H68N11O17-5. The van der Waals surface area contributed by atoms with Crippen LogP contribution < -0.4 is 68.7 Å². The second-order valence-corrected chi connectivity index (χ2v) is 17.5. The summed E-state index contributed by atoms with van der Waals surface area (Å²) >= 11 is 0.